The molecule has 0 aliphatic heterocycles. The van der Waals surface area contributed by atoms with Crippen LogP contribution < -0.4 is 11.1 Å². The van der Waals surface area contributed by atoms with Crippen LogP contribution in [0.4, 0.5) is 5.82 Å². The molecule has 1 saturated carbocycles. The minimum Gasteiger partial charge on any atom is -0.389 e. The lowest BCUT2D eigenvalue weighted by Crippen LogP contribution is -2.16. The molecule has 17 heavy (non-hydrogen) atoms. The third-order valence-corrected chi connectivity index (χ3v) is 3.91. The smallest absolute Gasteiger partial charge is 0.134 e. The zero-order valence-electron chi connectivity index (χ0n) is 10.9. The number of rotatable bonds is 4. The van der Waals surface area contributed by atoms with Crippen LogP contribution in [0, 0.1) is 18.3 Å². The molecule has 1 heterocycles. The Morgan fingerprint density at radius 2 is 2.24 bits per heavy atom. The maximum Gasteiger partial charge on any atom is 0.134 e. The SMILES string of the molecule is Cc1nn(C)c(NCC2CC2(C)C)c1C(N)=S. The highest BCUT2D eigenvalue weighted by Gasteiger charge is 2.45. The molecule has 0 bridgehead atoms. The molecule has 2 rings (SSSR count). The lowest BCUT2D eigenvalue weighted by molar-refractivity contribution is 0.571. The van der Waals surface area contributed by atoms with E-state index in [0.29, 0.717) is 10.4 Å². The van der Waals surface area contributed by atoms with Crippen molar-refractivity contribution in [2.24, 2.45) is 24.1 Å². The van der Waals surface area contributed by atoms with Gasteiger partial charge in [0.2, 0.25) is 0 Å². The number of aromatic nitrogens is 2. The van der Waals surface area contributed by atoms with E-state index in [1.54, 1.807) is 0 Å². The minimum absolute atomic E-state index is 0.410. The summed E-state index contributed by atoms with van der Waals surface area (Å²) in [7, 11) is 1.91. The van der Waals surface area contributed by atoms with Gasteiger partial charge in [-0.1, -0.05) is 26.1 Å². The number of anilines is 1. The monoisotopic (exact) mass is 252 g/mol. The molecule has 3 N–H and O–H groups in total. The molecule has 1 unspecified atom stereocenters. The van der Waals surface area contributed by atoms with Crippen molar-refractivity contribution >= 4 is 23.0 Å². The molecule has 1 aromatic heterocycles. The van der Waals surface area contributed by atoms with Crippen molar-refractivity contribution in [3.63, 3.8) is 0 Å². The first kappa shape index (κ1) is 12.4. The van der Waals surface area contributed by atoms with Crippen LogP contribution in [-0.2, 0) is 7.05 Å². The predicted molar refractivity (Wildman–Crippen MR) is 74.2 cm³/mol. The Kier molecular flexibility index (Phi) is 2.89. The van der Waals surface area contributed by atoms with Crippen molar-refractivity contribution in [2.45, 2.75) is 27.2 Å². The van der Waals surface area contributed by atoms with Gasteiger partial charge in [-0.3, -0.25) is 4.68 Å². The molecule has 0 saturated heterocycles. The van der Waals surface area contributed by atoms with E-state index >= 15 is 0 Å². The van der Waals surface area contributed by atoms with Crippen LogP contribution in [0.2, 0.25) is 0 Å². The summed E-state index contributed by atoms with van der Waals surface area (Å²) in [5.74, 6) is 1.68. The van der Waals surface area contributed by atoms with Gasteiger partial charge in [-0.25, -0.2) is 0 Å². The first-order valence-electron chi connectivity index (χ1n) is 5.90. The molecule has 0 amide bonds. The number of nitrogens with zero attached hydrogens (tertiary/aromatic N) is 2. The summed E-state index contributed by atoms with van der Waals surface area (Å²) in [6, 6.07) is 0. The van der Waals surface area contributed by atoms with Crippen LogP contribution in [0.5, 0.6) is 0 Å². The fourth-order valence-corrected chi connectivity index (χ4v) is 2.54. The molecule has 1 aromatic rings. The third kappa shape index (κ3) is 2.29. The van der Waals surface area contributed by atoms with E-state index in [-0.39, 0.29) is 0 Å². The molecule has 0 radical (unpaired) electrons. The second-order valence-electron chi connectivity index (χ2n) is 5.57. The summed E-state index contributed by atoms with van der Waals surface area (Å²) in [6.07, 6.45) is 1.28. The Balaban J connectivity index is 2.12. The summed E-state index contributed by atoms with van der Waals surface area (Å²) in [5.41, 5.74) is 7.98. The maximum atomic E-state index is 5.74. The fraction of sp³-hybridized carbons (Fsp3) is 0.667. The van der Waals surface area contributed by atoms with E-state index in [0.717, 1.165) is 29.5 Å². The second kappa shape index (κ2) is 3.98. The van der Waals surface area contributed by atoms with Crippen molar-refractivity contribution in [1.29, 1.82) is 0 Å². The highest BCUT2D eigenvalue weighted by molar-refractivity contribution is 7.80. The van der Waals surface area contributed by atoms with Gasteiger partial charge in [0.1, 0.15) is 10.8 Å². The van der Waals surface area contributed by atoms with Gasteiger partial charge in [0.15, 0.2) is 0 Å². The lowest BCUT2D eigenvalue weighted by atomic mass is 10.1. The Hall–Kier alpha value is -1.10. The summed E-state index contributed by atoms with van der Waals surface area (Å²) in [6.45, 7) is 7.48. The molecule has 1 fully saturated rings. The average molecular weight is 252 g/mol. The van der Waals surface area contributed by atoms with Crippen LogP contribution in [-0.4, -0.2) is 21.3 Å². The fourth-order valence-electron chi connectivity index (χ4n) is 2.30. The highest BCUT2D eigenvalue weighted by Crippen LogP contribution is 2.51. The standard InChI is InChI=1S/C12H20N4S/c1-7-9(10(13)17)11(16(4)15-7)14-6-8-5-12(8,2)3/h8,14H,5-6H2,1-4H3,(H2,13,17). The minimum atomic E-state index is 0.410. The molecule has 0 aromatic carbocycles. The molecular weight excluding hydrogens is 232 g/mol. The van der Waals surface area contributed by atoms with Gasteiger partial charge < -0.3 is 11.1 Å². The van der Waals surface area contributed by atoms with Gasteiger partial charge in [-0.05, 0) is 24.7 Å². The number of nitrogens with two attached hydrogens (primary N) is 1. The van der Waals surface area contributed by atoms with E-state index in [9.17, 15) is 0 Å². The molecule has 1 aliphatic carbocycles. The third-order valence-electron chi connectivity index (χ3n) is 3.70. The topological polar surface area (TPSA) is 55.9 Å². The number of hydrogen-bond donors (Lipinski definition) is 2. The highest BCUT2D eigenvalue weighted by atomic mass is 32.1. The predicted octanol–water partition coefficient (Wildman–Crippen LogP) is 1.82. The summed E-state index contributed by atoms with van der Waals surface area (Å²) in [5, 5.41) is 7.79. The van der Waals surface area contributed by atoms with E-state index in [1.807, 2.05) is 18.7 Å². The van der Waals surface area contributed by atoms with E-state index < -0.39 is 0 Å². The van der Waals surface area contributed by atoms with Gasteiger partial charge in [0.25, 0.3) is 0 Å². The van der Waals surface area contributed by atoms with E-state index in [4.69, 9.17) is 18.0 Å². The number of hydrogen-bond acceptors (Lipinski definition) is 3. The first-order chi connectivity index (χ1) is 7.83. The molecule has 94 valence electrons. The quantitative estimate of drug-likeness (QED) is 0.803. The Morgan fingerprint density at radius 1 is 1.65 bits per heavy atom. The van der Waals surface area contributed by atoms with Crippen molar-refractivity contribution in [3.05, 3.63) is 11.3 Å². The number of thiocarbonyl (C=S) groups is 1. The molecule has 0 spiro atoms. The Morgan fingerprint density at radius 3 is 2.71 bits per heavy atom. The van der Waals surface area contributed by atoms with Crippen molar-refractivity contribution in [2.75, 3.05) is 11.9 Å². The normalized spacial score (nSPS) is 21.3. The Labute approximate surface area is 108 Å². The summed E-state index contributed by atoms with van der Waals surface area (Å²) >= 11 is 5.08. The summed E-state index contributed by atoms with van der Waals surface area (Å²) in [4.78, 5) is 0.410. The van der Waals surface area contributed by atoms with Crippen LogP contribution >= 0.6 is 12.2 Å². The second-order valence-corrected chi connectivity index (χ2v) is 6.01. The van der Waals surface area contributed by atoms with Crippen molar-refractivity contribution in [1.82, 2.24) is 9.78 Å². The van der Waals surface area contributed by atoms with Crippen molar-refractivity contribution < 1.29 is 0 Å². The van der Waals surface area contributed by atoms with E-state index in [1.165, 1.54) is 6.42 Å². The molecular formula is C12H20N4S. The van der Waals surface area contributed by atoms with Gasteiger partial charge in [0, 0.05) is 13.6 Å². The van der Waals surface area contributed by atoms with Crippen LogP contribution in [0.1, 0.15) is 31.5 Å². The number of aryl methyl sites for hydroxylation is 2. The lowest BCUT2D eigenvalue weighted by Gasteiger charge is -2.10. The first-order valence-corrected chi connectivity index (χ1v) is 6.31. The summed E-state index contributed by atoms with van der Waals surface area (Å²) < 4.78 is 1.82. The van der Waals surface area contributed by atoms with Crippen LogP contribution in [0.25, 0.3) is 0 Å². The van der Waals surface area contributed by atoms with Gasteiger partial charge in [-0.2, -0.15) is 5.10 Å². The molecule has 1 aliphatic rings. The van der Waals surface area contributed by atoms with Gasteiger partial charge in [-0.15, -0.1) is 0 Å². The molecule has 4 nitrogen and oxygen atoms in total. The number of nitrogens with one attached hydrogen (secondary N) is 1. The van der Waals surface area contributed by atoms with Crippen LogP contribution in [0.3, 0.4) is 0 Å². The Bertz CT molecular complexity index is 461. The van der Waals surface area contributed by atoms with Gasteiger partial charge in [0.05, 0.1) is 11.3 Å². The zero-order valence-corrected chi connectivity index (χ0v) is 11.7. The van der Waals surface area contributed by atoms with Gasteiger partial charge >= 0.3 is 0 Å². The van der Waals surface area contributed by atoms with Crippen LogP contribution in [0.15, 0.2) is 0 Å². The average Bonchev–Trinajstić information content (AvgIpc) is 2.67. The maximum absolute atomic E-state index is 5.74. The molecule has 5 heteroatoms. The largest absolute Gasteiger partial charge is 0.389 e. The van der Waals surface area contributed by atoms with Crippen molar-refractivity contribution in [3.8, 4) is 0 Å². The zero-order chi connectivity index (χ0) is 12.8. The molecule has 1 atom stereocenters. The van der Waals surface area contributed by atoms with E-state index in [2.05, 4.69) is 24.3 Å².